The summed E-state index contributed by atoms with van der Waals surface area (Å²) in [6.07, 6.45) is 10.5. The molecule has 0 aliphatic heterocycles. The first-order valence-electron chi connectivity index (χ1n) is 12.1. The molecule has 4 fully saturated rings. The Kier molecular flexibility index (Phi) is 5.25. The van der Waals surface area contributed by atoms with Crippen molar-refractivity contribution < 1.29 is 10.2 Å². The number of aliphatic hydroxyl groups is 2. The average Bonchev–Trinajstić information content (AvgIpc) is 3.00. The maximum atomic E-state index is 11.7. The van der Waals surface area contributed by atoms with Gasteiger partial charge in [0, 0.05) is 0 Å². The second kappa shape index (κ2) is 7.01. The minimum atomic E-state index is -0.149. The van der Waals surface area contributed by atoms with Gasteiger partial charge in [-0.15, -0.1) is 0 Å². The number of rotatable bonds is 3. The molecule has 0 heterocycles. The zero-order chi connectivity index (χ0) is 19.6. The van der Waals surface area contributed by atoms with Gasteiger partial charge in [0.25, 0.3) is 0 Å². The van der Waals surface area contributed by atoms with Gasteiger partial charge >= 0.3 is 0 Å². The Morgan fingerprint density at radius 3 is 2.22 bits per heavy atom. The fourth-order valence-corrected chi connectivity index (χ4v) is 9.22. The largest absolute Gasteiger partial charge is 0.393 e. The van der Waals surface area contributed by atoms with Crippen molar-refractivity contribution in [1.82, 2.24) is 0 Å². The van der Waals surface area contributed by atoms with Crippen LogP contribution in [-0.4, -0.2) is 22.4 Å². The van der Waals surface area contributed by atoms with Gasteiger partial charge < -0.3 is 10.2 Å². The molecule has 4 rings (SSSR count). The Bertz CT molecular complexity index is 546. The third-order valence-electron chi connectivity index (χ3n) is 10.8. The standard InChI is InChI=1S/C25H44O2/c1-6-15(3)18-8-9-19-22-20(11-13-24(18,19)4)25(5)12-10-16(26)14-21(25)17(7-2)23(22)27/h15-23,26-27H,6-14H2,1-5H3/t15-,16-,17-,18-,19+,20+,21+,22+,23-,24-,25-/m1/s1. The molecule has 156 valence electrons. The Balaban J connectivity index is 1.69. The Morgan fingerprint density at radius 2 is 1.56 bits per heavy atom. The molecule has 0 radical (unpaired) electrons. The first-order chi connectivity index (χ1) is 12.8. The van der Waals surface area contributed by atoms with Gasteiger partial charge in [0.15, 0.2) is 0 Å². The van der Waals surface area contributed by atoms with Crippen LogP contribution in [0.4, 0.5) is 0 Å². The minimum absolute atomic E-state index is 0.143. The van der Waals surface area contributed by atoms with Crippen LogP contribution in [0.25, 0.3) is 0 Å². The van der Waals surface area contributed by atoms with Crippen molar-refractivity contribution in [2.24, 2.45) is 52.3 Å². The first kappa shape index (κ1) is 20.2. The van der Waals surface area contributed by atoms with Crippen molar-refractivity contribution >= 4 is 0 Å². The van der Waals surface area contributed by atoms with Crippen LogP contribution in [0.1, 0.15) is 92.4 Å². The van der Waals surface area contributed by atoms with Crippen LogP contribution in [0, 0.1) is 52.3 Å². The summed E-state index contributed by atoms with van der Waals surface area (Å²) in [6, 6.07) is 0. The van der Waals surface area contributed by atoms with E-state index in [4.69, 9.17) is 0 Å². The van der Waals surface area contributed by atoms with E-state index in [1.54, 1.807) is 0 Å². The van der Waals surface area contributed by atoms with E-state index in [2.05, 4.69) is 34.6 Å². The molecule has 0 aromatic heterocycles. The molecule has 2 N–H and O–H groups in total. The lowest BCUT2D eigenvalue weighted by Gasteiger charge is -2.64. The molecule has 0 saturated heterocycles. The minimum Gasteiger partial charge on any atom is -0.393 e. The van der Waals surface area contributed by atoms with E-state index in [1.165, 1.54) is 38.5 Å². The Labute approximate surface area is 167 Å². The summed E-state index contributed by atoms with van der Waals surface area (Å²) in [6.45, 7) is 12.2. The molecule has 0 unspecified atom stereocenters. The van der Waals surface area contributed by atoms with E-state index in [0.717, 1.165) is 31.1 Å². The van der Waals surface area contributed by atoms with Gasteiger partial charge in [-0.1, -0.05) is 47.5 Å². The molecular formula is C25H44O2. The summed E-state index contributed by atoms with van der Waals surface area (Å²) in [7, 11) is 0. The topological polar surface area (TPSA) is 40.5 Å². The monoisotopic (exact) mass is 376 g/mol. The maximum absolute atomic E-state index is 11.7. The number of aliphatic hydroxyl groups excluding tert-OH is 2. The van der Waals surface area contributed by atoms with Crippen LogP contribution >= 0.6 is 0 Å². The highest BCUT2D eigenvalue weighted by Gasteiger charge is 2.64. The van der Waals surface area contributed by atoms with Gasteiger partial charge in [0.05, 0.1) is 12.2 Å². The summed E-state index contributed by atoms with van der Waals surface area (Å²) in [5.41, 5.74) is 0.771. The van der Waals surface area contributed by atoms with Crippen molar-refractivity contribution in [2.75, 3.05) is 0 Å². The lowest BCUT2D eigenvalue weighted by atomic mass is 9.41. The SMILES string of the molecule is CC[C@H]1[C@@H](O)[C@@H]2[C@H](CC[C@]3(C)[C@@H]([C@H](C)CC)CC[C@@H]23)[C@@]2(C)CC[C@@H](O)C[C@@H]12. The van der Waals surface area contributed by atoms with E-state index >= 15 is 0 Å². The van der Waals surface area contributed by atoms with Gasteiger partial charge in [0.1, 0.15) is 0 Å². The second-order valence-electron chi connectivity index (χ2n) is 11.5. The highest BCUT2D eigenvalue weighted by molar-refractivity contribution is 5.13. The van der Waals surface area contributed by atoms with Gasteiger partial charge in [-0.3, -0.25) is 0 Å². The quantitative estimate of drug-likeness (QED) is 0.667. The molecule has 4 aliphatic carbocycles. The zero-order valence-corrected chi connectivity index (χ0v) is 18.5. The summed E-state index contributed by atoms with van der Waals surface area (Å²) in [4.78, 5) is 0. The molecule has 2 heteroatoms. The Morgan fingerprint density at radius 1 is 0.889 bits per heavy atom. The molecule has 11 atom stereocenters. The summed E-state index contributed by atoms with van der Waals surface area (Å²) in [5.74, 6) is 4.44. The Hall–Kier alpha value is -0.0800. The van der Waals surface area contributed by atoms with Crippen molar-refractivity contribution in [3.05, 3.63) is 0 Å². The summed E-state index contributed by atoms with van der Waals surface area (Å²) < 4.78 is 0. The maximum Gasteiger partial charge on any atom is 0.0605 e. The van der Waals surface area contributed by atoms with Gasteiger partial charge in [-0.05, 0) is 97.2 Å². The number of hydrogen-bond donors (Lipinski definition) is 2. The summed E-state index contributed by atoms with van der Waals surface area (Å²) >= 11 is 0. The van der Waals surface area contributed by atoms with Crippen molar-refractivity contribution in [3.63, 3.8) is 0 Å². The molecule has 27 heavy (non-hydrogen) atoms. The van der Waals surface area contributed by atoms with Crippen LogP contribution < -0.4 is 0 Å². The normalized spacial score (nSPS) is 56.1. The van der Waals surface area contributed by atoms with Crippen molar-refractivity contribution in [1.29, 1.82) is 0 Å². The summed E-state index contributed by atoms with van der Waals surface area (Å²) in [5, 5.41) is 22.1. The van der Waals surface area contributed by atoms with E-state index in [1.807, 2.05) is 0 Å². The zero-order valence-electron chi connectivity index (χ0n) is 18.5. The van der Waals surface area contributed by atoms with Crippen LogP contribution in [0.5, 0.6) is 0 Å². The molecule has 0 spiro atoms. The predicted molar refractivity (Wildman–Crippen MR) is 111 cm³/mol. The molecule has 4 aliphatic rings. The number of fused-ring (bicyclic) bond motifs is 5. The molecule has 4 saturated carbocycles. The fourth-order valence-electron chi connectivity index (χ4n) is 9.22. The lowest BCUT2D eigenvalue weighted by molar-refractivity contribution is -0.203. The van der Waals surface area contributed by atoms with Gasteiger partial charge in [-0.25, -0.2) is 0 Å². The molecule has 0 aromatic rings. The van der Waals surface area contributed by atoms with Gasteiger partial charge in [-0.2, -0.15) is 0 Å². The van der Waals surface area contributed by atoms with E-state index in [9.17, 15) is 10.2 Å². The smallest absolute Gasteiger partial charge is 0.0605 e. The molecule has 0 aromatic carbocycles. The van der Waals surface area contributed by atoms with Crippen molar-refractivity contribution in [3.8, 4) is 0 Å². The van der Waals surface area contributed by atoms with E-state index < -0.39 is 0 Å². The van der Waals surface area contributed by atoms with Crippen LogP contribution in [0.3, 0.4) is 0 Å². The van der Waals surface area contributed by atoms with Crippen LogP contribution in [-0.2, 0) is 0 Å². The number of hydrogen-bond acceptors (Lipinski definition) is 2. The highest BCUT2D eigenvalue weighted by atomic mass is 16.3. The van der Waals surface area contributed by atoms with E-state index in [-0.39, 0.29) is 12.2 Å². The first-order valence-corrected chi connectivity index (χ1v) is 12.1. The van der Waals surface area contributed by atoms with Crippen molar-refractivity contribution in [2.45, 2.75) is 105 Å². The van der Waals surface area contributed by atoms with Crippen LogP contribution in [0.2, 0.25) is 0 Å². The molecular weight excluding hydrogens is 332 g/mol. The third-order valence-corrected chi connectivity index (χ3v) is 10.8. The molecule has 0 amide bonds. The lowest BCUT2D eigenvalue weighted by Crippen LogP contribution is -2.62. The molecule has 0 bridgehead atoms. The second-order valence-corrected chi connectivity index (χ2v) is 11.5. The molecule has 2 nitrogen and oxygen atoms in total. The van der Waals surface area contributed by atoms with Gasteiger partial charge in [0.2, 0.25) is 0 Å². The highest BCUT2D eigenvalue weighted by Crippen LogP contribution is 2.69. The average molecular weight is 377 g/mol. The fraction of sp³-hybridized carbons (Fsp3) is 1.00. The van der Waals surface area contributed by atoms with E-state index in [0.29, 0.717) is 40.4 Å². The van der Waals surface area contributed by atoms with Crippen LogP contribution in [0.15, 0.2) is 0 Å². The predicted octanol–water partition coefficient (Wildman–Crippen LogP) is 5.66. The third kappa shape index (κ3) is 2.79.